The Bertz CT molecular complexity index is 811. The van der Waals surface area contributed by atoms with E-state index < -0.39 is 0 Å². The molecule has 0 fully saturated rings. The summed E-state index contributed by atoms with van der Waals surface area (Å²) in [5, 5.41) is 0.721. The highest BCUT2D eigenvalue weighted by atomic mass is 127. The monoisotopic (exact) mass is 430 g/mol. The highest BCUT2D eigenvalue weighted by Crippen LogP contribution is 2.29. The predicted octanol–water partition coefficient (Wildman–Crippen LogP) is 5.37. The standard InChI is InChI=1S/C16H13Cl2IN2/c1-10-2-4-13-15(8-10)21(16(20-13)6-7-17)14-5-3-11(19)9-12(14)18/h2-5,8-9H,6-7H2,1H3. The molecular weight excluding hydrogens is 418 g/mol. The van der Waals surface area contributed by atoms with Gasteiger partial charge in [0.1, 0.15) is 5.82 Å². The summed E-state index contributed by atoms with van der Waals surface area (Å²) in [6.45, 7) is 2.08. The average molecular weight is 431 g/mol. The minimum Gasteiger partial charge on any atom is -0.295 e. The van der Waals surface area contributed by atoms with Gasteiger partial charge in [-0.05, 0) is 65.4 Å². The Morgan fingerprint density at radius 1 is 1.19 bits per heavy atom. The van der Waals surface area contributed by atoms with E-state index >= 15 is 0 Å². The van der Waals surface area contributed by atoms with E-state index in [1.54, 1.807) is 0 Å². The van der Waals surface area contributed by atoms with Crippen LogP contribution in [0.5, 0.6) is 0 Å². The summed E-state index contributed by atoms with van der Waals surface area (Å²) in [7, 11) is 0. The Morgan fingerprint density at radius 3 is 2.71 bits per heavy atom. The number of hydrogen-bond acceptors (Lipinski definition) is 1. The minimum atomic E-state index is 0.532. The molecule has 3 aromatic rings. The van der Waals surface area contributed by atoms with Crippen LogP contribution in [0.25, 0.3) is 16.7 Å². The summed E-state index contributed by atoms with van der Waals surface area (Å²) >= 11 is 14.6. The number of nitrogens with zero attached hydrogens (tertiary/aromatic N) is 2. The van der Waals surface area contributed by atoms with Crippen LogP contribution in [0.1, 0.15) is 11.4 Å². The third-order valence-corrected chi connectivity index (χ3v) is 4.51. The van der Waals surface area contributed by atoms with Crippen LogP contribution in [0.2, 0.25) is 5.02 Å². The lowest BCUT2D eigenvalue weighted by molar-refractivity contribution is 0.912. The second kappa shape index (κ2) is 6.15. The molecule has 1 aromatic heterocycles. The summed E-state index contributed by atoms with van der Waals surface area (Å²) < 4.78 is 3.23. The van der Waals surface area contributed by atoms with Crippen LogP contribution in [0.3, 0.4) is 0 Å². The van der Waals surface area contributed by atoms with Gasteiger partial charge in [-0.1, -0.05) is 17.7 Å². The van der Waals surface area contributed by atoms with Crippen LogP contribution in [-0.2, 0) is 6.42 Å². The third kappa shape index (κ3) is 2.91. The third-order valence-electron chi connectivity index (χ3n) is 3.35. The molecule has 0 atom stereocenters. The summed E-state index contributed by atoms with van der Waals surface area (Å²) in [6.07, 6.45) is 0.706. The van der Waals surface area contributed by atoms with E-state index in [-0.39, 0.29) is 0 Å². The van der Waals surface area contributed by atoms with Gasteiger partial charge in [-0.15, -0.1) is 11.6 Å². The summed E-state index contributed by atoms with van der Waals surface area (Å²) in [4.78, 5) is 4.70. The fraction of sp³-hybridized carbons (Fsp3) is 0.188. The number of rotatable bonds is 3. The number of hydrogen-bond donors (Lipinski definition) is 0. The number of halogens is 3. The first-order valence-electron chi connectivity index (χ1n) is 6.59. The van der Waals surface area contributed by atoms with E-state index in [0.29, 0.717) is 12.3 Å². The van der Waals surface area contributed by atoms with E-state index in [2.05, 4.69) is 46.2 Å². The molecule has 0 unspecified atom stereocenters. The highest BCUT2D eigenvalue weighted by molar-refractivity contribution is 14.1. The van der Waals surface area contributed by atoms with Gasteiger partial charge in [0.2, 0.25) is 0 Å². The van der Waals surface area contributed by atoms with Crippen LogP contribution in [0.4, 0.5) is 0 Å². The lowest BCUT2D eigenvalue weighted by atomic mass is 10.2. The lowest BCUT2D eigenvalue weighted by Gasteiger charge is -2.11. The van der Waals surface area contributed by atoms with Gasteiger partial charge in [0.15, 0.2) is 0 Å². The quantitative estimate of drug-likeness (QED) is 0.403. The number of imidazole rings is 1. The van der Waals surface area contributed by atoms with Crippen molar-refractivity contribution in [3.05, 3.63) is 56.4 Å². The molecule has 0 aliphatic rings. The van der Waals surface area contributed by atoms with Crippen molar-refractivity contribution in [1.29, 1.82) is 0 Å². The largest absolute Gasteiger partial charge is 0.295 e. The summed E-state index contributed by atoms with van der Waals surface area (Å²) in [5.74, 6) is 1.47. The molecule has 5 heteroatoms. The normalized spacial score (nSPS) is 11.2. The maximum atomic E-state index is 6.45. The van der Waals surface area contributed by atoms with Gasteiger partial charge in [0, 0.05) is 15.9 Å². The number of alkyl halides is 1. The van der Waals surface area contributed by atoms with Crippen LogP contribution < -0.4 is 0 Å². The second-order valence-corrected chi connectivity index (χ2v) is 6.92. The lowest BCUT2D eigenvalue weighted by Crippen LogP contribution is -2.03. The van der Waals surface area contributed by atoms with Gasteiger partial charge in [-0.2, -0.15) is 0 Å². The number of fused-ring (bicyclic) bond motifs is 1. The number of benzene rings is 2. The molecule has 0 saturated carbocycles. The average Bonchev–Trinajstić information content (AvgIpc) is 2.77. The van der Waals surface area contributed by atoms with Crippen molar-refractivity contribution in [1.82, 2.24) is 9.55 Å². The van der Waals surface area contributed by atoms with Gasteiger partial charge in [0.25, 0.3) is 0 Å². The Hall–Kier alpha value is -0.780. The van der Waals surface area contributed by atoms with Gasteiger partial charge in [-0.25, -0.2) is 4.98 Å². The first-order valence-corrected chi connectivity index (χ1v) is 8.58. The first kappa shape index (κ1) is 15.1. The molecule has 1 heterocycles. The van der Waals surface area contributed by atoms with Crippen molar-refractivity contribution >= 4 is 56.8 Å². The van der Waals surface area contributed by atoms with Gasteiger partial charge >= 0.3 is 0 Å². The van der Waals surface area contributed by atoms with Crippen molar-refractivity contribution in [2.75, 3.05) is 5.88 Å². The molecule has 0 bridgehead atoms. The maximum Gasteiger partial charge on any atom is 0.115 e. The molecule has 2 nitrogen and oxygen atoms in total. The molecule has 0 spiro atoms. The Labute approximate surface area is 147 Å². The van der Waals surface area contributed by atoms with Crippen molar-refractivity contribution in [3.63, 3.8) is 0 Å². The van der Waals surface area contributed by atoms with Crippen molar-refractivity contribution in [3.8, 4) is 5.69 Å². The molecule has 21 heavy (non-hydrogen) atoms. The Morgan fingerprint density at radius 2 is 2.00 bits per heavy atom. The van der Waals surface area contributed by atoms with Crippen LogP contribution in [0.15, 0.2) is 36.4 Å². The molecule has 0 amide bonds. The van der Waals surface area contributed by atoms with Crippen LogP contribution in [-0.4, -0.2) is 15.4 Å². The molecular formula is C16H13Cl2IN2. The fourth-order valence-electron chi connectivity index (χ4n) is 2.42. The second-order valence-electron chi connectivity index (χ2n) is 4.89. The molecule has 3 rings (SSSR count). The van der Waals surface area contributed by atoms with E-state index in [1.165, 1.54) is 5.56 Å². The minimum absolute atomic E-state index is 0.532. The Balaban J connectivity index is 2.32. The zero-order chi connectivity index (χ0) is 15.0. The molecule has 108 valence electrons. The zero-order valence-corrected chi connectivity index (χ0v) is 15.1. The summed E-state index contributed by atoms with van der Waals surface area (Å²) in [6, 6.07) is 12.3. The van der Waals surface area contributed by atoms with E-state index in [4.69, 9.17) is 28.2 Å². The van der Waals surface area contributed by atoms with E-state index in [9.17, 15) is 0 Å². The van der Waals surface area contributed by atoms with Crippen molar-refractivity contribution < 1.29 is 0 Å². The summed E-state index contributed by atoms with van der Waals surface area (Å²) in [5.41, 5.74) is 4.18. The molecule has 2 aromatic carbocycles. The van der Waals surface area contributed by atoms with Crippen molar-refractivity contribution in [2.24, 2.45) is 0 Å². The molecule has 0 N–H and O–H groups in total. The zero-order valence-electron chi connectivity index (χ0n) is 11.4. The smallest absolute Gasteiger partial charge is 0.115 e. The number of aromatic nitrogens is 2. The molecule has 0 aliphatic heterocycles. The topological polar surface area (TPSA) is 17.8 Å². The highest BCUT2D eigenvalue weighted by Gasteiger charge is 2.14. The van der Waals surface area contributed by atoms with Gasteiger partial charge < -0.3 is 0 Å². The first-order chi connectivity index (χ1) is 10.1. The predicted molar refractivity (Wildman–Crippen MR) is 98.0 cm³/mol. The van der Waals surface area contributed by atoms with Gasteiger partial charge in [0.05, 0.1) is 21.7 Å². The SMILES string of the molecule is Cc1ccc2nc(CCCl)n(-c3ccc(I)cc3Cl)c2c1. The van der Waals surface area contributed by atoms with Crippen molar-refractivity contribution in [2.45, 2.75) is 13.3 Å². The fourth-order valence-corrected chi connectivity index (χ4v) is 3.53. The van der Waals surface area contributed by atoms with Crippen LogP contribution >= 0.6 is 45.8 Å². The van der Waals surface area contributed by atoms with Crippen LogP contribution in [0, 0.1) is 10.5 Å². The molecule has 0 aliphatic carbocycles. The number of aryl methyl sites for hydroxylation is 2. The molecule has 0 saturated heterocycles. The molecule has 0 radical (unpaired) electrons. The van der Waals surface area contributed by atoms with E-state index in [1.807, 2.05) is 24.3 Å². The van der Waals surface area contributed by atoms with E-state index in [0.717, 1.165) is 31.1 Å². The maximum absolute atomic E-state index is 6.45. The van der Waals surface area contributed by atoms with Gasteiger partial charge in [-0.3, -0.25) is 4.57 Å². The Kier molecular flexibility index (Phi) is 4.43.